The Bertz CT molecular complexity index is 500. The standard InChI is InChI=1S/C13H18N2O5/c1-8-5-6-10(7-11(8)15(17)18)12(16)14-9(2)13(19-3)20-4/h5-7,9,13H,1-4H3,(H,14,16). The van der Waals surface area contributed by atoms with E-state index in [1.54, 1.807) is 26.0 Å². The number of carbonyl (C=O) groups is 1. The number of nitro benzene ring substituents is 1. The fraction of sp³-hybridized carbons (Fsp3) is 0.462. The Kier molecular flexibility index (Phi) is 5.60. The second-order valence-corrected chi connectivity index (χ2v) is 4.36. The molecule has 7 nitrogen and oxygen atoms in total. The molecule has 0 bridgehead atoms. The highest BCUT2D eigenvalue weighted by Crippen LogP contribution is 2.19. The number of carbonyl (C=O) groups excluding carboxylic acids is 1. The monoisotopic (exact) mass is 282 g/mol. The average Bonchev–Trinajstić information content (AvgIpc) is 2.40. The summed E-state index contributed by atoms with van der Waals surface area (Å²) in [5.74, 6) is -0.417. The maximum Gasteiger partial charge on any atom is 0.273 e. The van der Waals surface area contributed by atoms with E-state index in [4.69, 9.17) is 9.47 Å². The molecule has 0 aromatic heterocycles. The molecule has 0 aliphatic rings. The van der Waals surface area contributed by atoms with E-state index >= 15 is 0 Å². The normalized spacial score (nSPS) is 12.2. The quantitative estimate of drug-likeness (QED) is 0.486. The molecule has 1 aromatic rings. The Morgan fingerprint density at radius 1 is 1.35 bits per heavy atom. The number of amides is 1. The molecule has 0 aliphatic carbocycles. The summed E-state index contributed by atoms with van der Waals surface area (Å²) in [6, 6.07) is 3.95. The van der Waals surface area contributed by atoms with Crippen molar-refractivity contribution in [1.82, 2.24) is 5.32 Å². The SMILES string of the molecule is COC(OC)C(C)NC(=O)c1ccc(C)c([N+](=O)[O-])c1. The van der Waals surface area contributed by atoms with Crippen molar-refractivity contribution in [2.24, 2.45) is 0 Å². The van der Waals surface area contributed by atoms with Gasteiger partial charge in [0.15, 0.2) is 6.29 Å². The molecular formula is C13H18N2O5. The van der Waals surface area contributed by atoms with Crippen LogP contribution in [0.15, 0.2) is 18.2 Å². The first-order valence-corrected chi connectivity index (χ1v) is 6.02. The molecule has 0 fully saturated rings. The van der Waals surface area contributed by atoms with E-state index in [1.165, 1.54) is 20.3 Å². The van der Waals surface area contributed by atoms with Gasteiger partial charge in [-0.05, 0) is 19.9 Å². The predicted molar refractivity (Wildman–Crippen MR) is 72.6 cm³/mol. The number of nitro groups is 1. The van der Waals surface area contributed by atoms with Crippen LogP contribution in [0.3, 0.4) is 0 Å². The zero-order chi connectivity index (χ0) is 15.3. The van der Waals surface area contributed by atoms with E-state index in [9.17, 15) is 14.9 Å². The van der Waals surface area contributed by atoms with Crippen molar-refractivity contribution in [2.75, 3.05) is 14.2 Å². The van der Waals surface area contributed by atoms with Crippen molar-refractivity contribution in [3.63, 3.8) is 0 Å². The van der Waals surface area contributed by atoms with Gasteiger partial charge in [-0.3, -0.25) is 14.9 Å². The van der Waals surface area contributed by atoms with Gasteiger partial charge in [0.1, 0.15) is 0 Å². The number of ether oxygens (including phenoxy) is 2. The van der Waals surface area contributed by atoms with E-state index < -0.39 is 23.2 Å². The molecule has 0 heterocycles. The van der Waals surface area contributed by atoms with E-state index in [0.717, 1.165) is 0 Å². The summed E-state index contributed by atoms with van der Waals surface area (Å²) in [7, 11) is 2.93. The Labute approximate surface area is 117 Å². The van der Waals surface area contributed by atoms with Crippen LogP contribution in [0.1, 0.15) is 22.8 Å². The van der Waals surface area contributed by atoms with Crippen molar-refractivity contribution in [1.29, 1.82) is 0 Å². The van der Waals surface area contributed by atoms with Crippen LogP contribution in [-0.2, 0) is 9.47 Å². The predicted octanol–water partition coefficient (Wildman–Crippen LogP) is 1.64. The molecule has 1 atom stereocenters. The first-order chi connectivity index (χ1) is 9.40. The lowest BCUT2D eigenvalue weighted by molar-refractivity contribution is -0.385. The van der Waals surface area contributed by atoms with Crippen molar-refractivity contribution in [3.05, 3.63) is 39.4 Å². The topological polar surface area (TPSA) is 90.7 Å². The minimum absolute atomic E-state index is 0.0830. The fourth-order valence-electron chi connectivity index (χ4n) is 1.81. The summed E-state index contributed by atoms with van der Waals surface area (Å²) in [6.45, 7) is 3.34. The third kappa shape index (κ3) is 3.75. The maximum atomic E-state index is 12.0. The van der Waals surface area contributed by atoms with Crippen LogP contribution in [0.2, 0.25) is 0 Å². The van der Waals surface area contributed by atoms with Crippen molar-refractivity contribution >= 4 is 11.6 Å². The van der Waals surface area contributed by atoms with E-state index in [0.29, 0.717) is 5.56 Å². The van der Waals surface area contributed by atoms with Gasteiger partial charge >= 0.3 is 0 Å². The van der Waals surface area contributed by atoms with Gasteiger partial charge in [0, 0.05) is 31.4 Å². The summed E-state index contributed by atoms with van der Waals surface area (Å²) < 4.78 is 10.1. The summed E-state index contributed by atoms with van der Waals surface area (Å²) >= 11 is 0. The Morgan fingerprint density at radius 2 is 1.95 bits per heavy atom. The number of nitrogens with one attached hydrogen (secondary N) is 1. The Hall–Kier alpha value is -1.99. The lowest BCUT2D eigenvalue weighted by Gasteiger charge is -2.22. The molecule has 1 unspecified atom stereocenters. The number of rotatable bonds is 6. The fourth-order valence-corrected chi connectivity index (χ4v) is 1.81. The van der Waals surface area contributed by atoms with Gasteiger partial charge in [-0.25, -0.2) is 0 Å². The molecule has 20 heavy (non-hydrogen) atoms. The van der Waals surface area contributed by atoms with Crippen LogP contribution in [0.4, 0.5) is 5.69 Å². The smallest absolute Gasteiger partial charge is 0.273 e. The van der Waals surface area contributed by atoms with E-state index in [2.05, 4.69) is 5.32 Å². The third-order valence-electron chi connectivity index (χ3n) is 2.90. The minimum Gasteiger partial charge on any atom is -0.354 e. The van der Waals surface area contributed by atoms with E-state index in [-0.39, 0.29) is 11.3 Å². The summed E-state index contributed by atoms with van der Waals surface area (Å²) in [5, 5.41) is 13.5. The maximum absolute atomic E-state index is 12.0. The molecule has 0 saturated carbocycles. The lowest BCUT2D eigenvalue weighted by atomic mass is 10.1. The number of hydrogen-bond acceptors (Lipinski definition) is 5. The van der Waals surface area contributed by atoms with Gasteiger partial charge in [-0.2, -0.15) is 0 Å². The number of methoxy groups -OCH3 is 2. The zero-order valence-electron chi connectivity index (χ0n) is 11.9. The van der Waals surface area contributed by atoms with Crippen LogP contribution in [-0.4, -0.2) is 37.4 Å². The van der Waals surface area contributed by atoms with Crippen LogP contribution in [0, 0.1) is 17.0 Å². The van der Waals surface area contributed by atoms with E-state index in [1.807, 2.05) is 0 Å². The molecule has 0 radical (unpaired) electrons. The van der Waals surface area contributed by atoms with Gasteiger partial charge < -0.3 is 14.8 Å². The minimum atomic E-state index is -0.584. The first kappa shape index (κ1) is 16.1. The van der Waals surface area contributed by atoms with Gasteiger partial charge in [0.2, 0.25) is 0 Å². The van der Waals surface area contributed by atoms with Crippen LogP contribution >= 0.6 is 0 Å². The van der Waals surface area contributed by atoms with Crippen LogP contribution in [0.5, 0.6) is 0 Å². The Morgan fingerprint density at radius 3 is 2.45 bits per heavy atom. The number of benzene rings is 1. The number of nitrogens with zero attached hydrogens (tertiary/aromatic N) is 1. The average molecular weight is 282 g/mol. The zero-order valence-corrected chi connectivity index (χ0v) is 11.9. The molecule has 0 aliphatic heterocycles. The molecule has 0 spiro atoms. The van der Waals surface area contributed by atoms with Crippen LogP contribution < -0.4 is 5.32 Å². The molecule has 1 amide bonds. The number of hydrogen-bond donors (Lipinski definition) is 1. The highest BCUT2D eigenvalue weighted by Gasteiger charge is 2.20. The van der Waals surface area contributed by atoms with Gasteiger partial charge in [-0.1, -0.05) is 6.07 Å². The molecule has 1 rings (SSSR count). The third-order valence-corrected chi connectivity index (χ3v) is 2.90. The number of aryl methyl sites for hydroxylation is 1. The lowest BCUT2D eigenvalue weighted by Crippen LogP contribution is -2.42. The molecule has 1 N–H and O–H groups in total. The second-order valence-electron chi connectivity index (χ2n) is 4.36. The second kappa shape index (κ2) is 6.97. The molecule has 7 heteroatoms. The molecule has 1 aromatic carbocycles. The highest BCUT2D eigenvalue weighted by atomic mass is 16.7. The first-order valence-electron chi connectivity index (χ1n) is 6.02. The van der Waals surface area contributed by atoms with Gasteiger partial charge in [0.05, 0.1) is 11.0 Å². The van der Waals surface area contributed by atoms with Gasteiger partial charge in [-0.15, -0.1) is 0 Å². The van der Waals surface area contributed by atoms with Gasteiger partial charge in [0.25, 0.3) is 11.6 Å². The van der Waals surface area contributed by atoms with Crippen molar-refractivity contribution < 1.29 is 19.2 Å². The van der Waals surface area contributed by atoms with Crippen molar-refractivity contribution in [2.45, 2.75) is 26.2 Å². The summed E-state index contributed by atoms with van der Waals surface area (Å²) in [4.78, 5) is 22.4. The summed E-state index contributed by atoms with van der Waals surface area (Å²) in [5.41, 5.74) is 0.645. The van der Waals surface area contributed by atoms with Crippen molar-refractivity contribution in [3.8, 4) is 0 Å². The van der Waals surface area contributed by atoms with Crippen LogP contribution in [0.25, 0.3) is 0 Å². The molecule has 0 saturated heterocycles. The molecule has 110 valence electrons. The summed E-state index contributed by atoms with van der Waals surface area (Å²) in [6.07, 6.45) is -0.584. The molecular weight excluding hydrogens is 264 g/mol. The Balaban J connectivity index is 2.88. The highest BCUT2D eigenvalue weighted by molar-refractivity contribution is 5.95. The largest absolute Gasteiger partial charge is 0.354 e.